The summed E-state index contributed by atoms with van der Waals surface area (Å²) >= 11 is 0. The van der Waals surface area contributed by atoms with Crippen molar-refractivity contribution < 1.29 is 9.21 Å². The van der Waals surface area contributed by atoms with Gasteiger partial charge in [-0.05, 0) is 25.8 Å². The van der Waals surface area contributed by atoms with Gasteiger partial charge in [-0.1, -0.05) is 19.3 Å². The third-order valence-corrected chi connectivity index (χ3v) is 3.39. The van der Waals surface area contributed by atoms with Crippen molar-refractivity contribution in [3.05, 3.63) is 24.2 Å². The SMILES string of the molecule is CCN(C(=O)c1ccoc1)C1CCCCC1. The molecule has 1 aliphatic carbocycles. The van der Waals surface area contributed by atoms with E-state index in [1.54, 1.807) is 12.3 Å². The molecule has 2 rings (SSSR count). The van der Waals surface area contributed by atoms with Crippen LogP contribution in [0.4, 0.5) is 0 Å². The molecule has 0 radical (unpaired) electrons. The van der Waals surface area contributed by atoms with E-state index in [2.05, 4.69) is 0 Å². The largest absolute Gasteiger partial charge is 0.472 e. The van der Waals surface area contributed by atoms with Gasteiger partial charge in [-0.3, -0.25) is 4.79 Å². The van der Waals surface area contributed by atoms with Crippen molar-refractivity contribution in [2.24, 2.45) is 0 Å². The van der Waals surface area contributed by atoms with E-state index >= 15 is 0 Å². The van der Waals surface area contributed by atoms with E-state index in [9.17, 15) is 4.79 Å². The molecule has 0 aliphatic heterocycles. The zero-order valence-electron chi connectivity index (χ0n) is 9.82. The minimum Gasteiger partial charge on any atom is -0.472 e. The molecule has 0 spiro atoms. The Kier molecular flexibility index (Phi) is 3.65. The predicted molar refractivity (Wildman–Crippen MR) is 62.3 cm³/mol. The van der Waals surface area contributed by atoms with Gasteiger partial charge in [-0.2, -0.15) is 0 Å². The molecule has 1 saturated carbocycles. The molecule has 0 aromatic carbocycles. The molecular formula is C13H19NO2. The van der Waals surface area contributed by atoms with Gasteiger partial charge >= 0.3 is 0 Å². The summed E-state index contributed by atoms with van der Waals surface area (Å²) in [6.07, 6.45) is 9.21. The van der Waals surface area contributed by atoms with Crippen LogP contribution in [-0.4, -0.2) is 23.4 Å². The van der Waals surface area contributed by atoms with Gasteiger partial charge in [0.1, 0.15) is 6.26 Å². The van der Waals surface area contributed by atoms with E-state index in [1.165, 1.54) is 25.5 Å². The lowest BCUT2D eigenvalue weighted by Crippen LogP contribution is -2.41. The molecule has 1 aromatic rings. The van der Waals surface area contributed by atoms with Gasteiger partial charge in [0.15, 0.2) is 0 Å². The van der Waals surface area contributed by atoms with Crippen LogP contribution in [0, 0.1) is 0 Å². The Morgan fingerprint density at radius 2 is 2.19 bits per heavy atom. The number of amides is 1. The first kappa shape index (κ1) is 11.2. The molecule has 1 amide bonds. The first-order valence-electron chi connectivity index (χ1n) is 6.16. The van der Waals surface area contributed by atoms with E-state index in [0.29, 0.717) is 11.6 Å². The number of nitrogens with zero attached hydrogens (tertiary/aromatic N) is 1. The predicted octanol–water partition coefficient (Wildman–Crippen LogP) is 3.07. The maximum Gasteiger partial charge on any atom is 0.257 e. The molecule has 0 atom stereocenters. The van der Waals surface area contributed by atoms with Crippen molar-refractivity contribution in [2.75, 3.05) is 6.54 Å². The molecule has 1 aromatic heterocycles. The quantitative estimate of drug-likeness (QED) is 0.786. The summed E-state index contributed by atoms with van der Waals surface area (Å²) in [5.74, 6) is 0.114. The van der Waals surface area contributed by atoms with Crippen LogP contribution in [-0.2, 0) is 0 Å². The van der Waals surface area contributed by atoms with Gasteiger partial charge in [0.25, 0.3) is 5.91 Å². The average molecular weight is 221 g/mol. The molecular weight excluding hydrogens is 202 g/mol. The molecule has 0 unspecified atom stereocenters. The van der Waals surface area contributed by atoms with Crippen molar-refractivity contribution in [2.45, 2.75) is 45.1 Å². The van der Waals surface area contributed by atoms with Crippen molar-refractivity contribution in [1.82, 2.24) is 4.90 Å². The van der Waals surface area contributed by atoms with Crippen LogP contribution in [0.5, 0.6) is 0 Å². The second-order valence-corrected chi connectivity index (χ2v) is 4.40. The summed E-state index contributed by atoms with van der Waals surface area (Å²) in [6, 6.07) is 2.18. The maximum atomic E-state index is 12.2. The smallest absolute Gasteiger partial charge is 0.257 e. The zero-order chi connectivity index (χ0) is 11.4. The van der Waals surface area contributed by atoms with Crippen LogP contribution in [0.3, 0.4) is 0 Å². The minimum absolute atomic E-state index is 0.114. The van der Waals surface area contributed by atoms with Crippen LogP contribution in [0.25, 0.3) is 0 Å². The molecule has 3 nitrogen and oxygen atoms in total. The van der Waals surface area contributed by atoms with E-state index in [1.807, 2.05) is 11.8 Å². The summed E-state index contributed by atoms with van der Waals surface area (Å²) in [5, 5.41) is 0. The highest BCUT2D eigenvalue weighted by atomic mass is 16.3. The monoisotopic (exact) mass is 221 g/mol. The van der Waals surface area contributed by atoms with Crippen molar-refractivity contribution in [3.63, 3.8) is 0 Å². The summed E-state index contributed by atoms with van der Waals surface area (Å²) < 4.78 is 4.97. The maximum absolute atomic E-state index is 12.2. The number of rotatable bonds is 3. The van der Waals surface area contributed by atoms with Crippen LogP contribution < -0.4 is 0 Å². The fourth-order valence-corrected chi connectivity index (χ4v) is 2.51. The van der Waals surface area contributed by atoms with Gasteiger partial charge in [0.05, 0.1) is 11.8 Å². The summed E-state index contributed by atoms with van der Waals surface area (Å²) in [6.45, 7) is 2.83. The summed E-state index contributed by atoms with van der Waals surface area (Å²) in [4.78, 5) is 14.2. The van der Waals surface area contributed by atoms with E-state index < -0.39 is 0 Å². The first-order chi connectivity index (χ1) is 7.83. The number of hydrogen-bond donors (Lipinski definition) is 0. The molecule has 0 N–H and O–H groups in total. The third kappa shape index (κ3) is 2.29. The highest BCUT2D eigenvalue weighted by molar-refractivity contribution is 5.94. The second-order valence-electron chi connectivity index (χ2n) is 4.40. The molecule has 1 fully saturated rings. The lowest BCUT2D eigenvalue weighted by atomic mass is 9.94. The third-order valence-electron chi connectivity index (χ3n) is 3.39. The lowest BCUT2D eigenvalue weighted by Gasteiger charge is -2.33. The van der Waals surface area contributed by atoms with Crippen LogP contribution in [0.15, 0.2) is 23.0 Å². The van der Waals surface area contributed by atoms with Crippen LogP contribution >= 0.6 is 0 Å². The highest BCUT2D eigenvalue weighted by Crippen LogP contribution is 2.23. The first-order valence-corrected chi connectivity index (χ1v) is 6.16. The lowest BCUT2D eigenvalue weighted by molar-refractivity contribution is 0.0647. The Morgan fingerprint density at radius 3 is 2.75 bits per heavy atom. The fraction of sp³-hybridized carbons (Fsp3) is 0.615. The number of carbonyl (C=O) groups is 1. The van der Waals surface area contributed by atoms with Crippen LogP contribution in [0.2, 0.25) is 0 Å². The molecule has 88 valence electrons. The van der Waals surface area contributed by atoms with E-state index in [0.717, 1.165) is 19.4 Å². The van der Waals surface area contributed by atoms with Crippen molar-refractivity contribution in [3.8, 4) is 0 Å². The molecule has 0 bridgehead atoms. The van der Waals surface area contributed by atoms with Gasteiger partial charge in [0.2, 0.25) is 0 Å². The standard InChI is InChI=1S/C13H19NO2/c1-2-14(12-6-4-3-5-7-12)13(15)11-8-9-16-10-11/h8-10,12H,2-7H2,1H3. The van der Waals surface area contributed by atoms with Crippen molar-refractivity contribution >= 4 is 5.91 Å². The Bertz CT molecular complexity index is 326. The average Bonchev–Trinajstić information content (AvgIpc) is 2.85. The van der Waals surface area contributed by atoms with Crippen molar-refractivity contribution in [1.29, 1.82) is 0 Å². The number of furan rings is 1. The minimum atomic E-state index is 0.114. The van der Waals surface area contributed by atoms with Gasteiger partial charge in [-0.25, -0.2) is 0 Å². The topological polar surface area (TPSA) is 33.5 Å². The molecule has 3 heteroatoms. The highest BCUT2D eigenvalue weighted by Gasteiger charge is 2.25. The van der Waals surface area contributed by atoms with Gasteiger partial charge in [-0.15, -0.1) is 0 Å². The summed E-state index contributed by atoms with van der Waals surface area (Å²) in [7, 11) is 0. The molecule has 0 saturated heterocycles. The van der Waals surface area contributed by atoms with Gasteiger partial charge in [0, 0.05) is 12.6 Å². The Labute approximate surface area is 96.4 Å². The normalized spacial score (nSPS) is 17.3. The molecule has 1 heterocycles. The Morgan fingerprint density at radius 1 is 1.44 bits per heavy atom. The Balaban J connectivity index is 2.06. The van der Waals surface area contributed by atoms with E-state index in [-0.39, 0.29) is 5.91 Å². The van der Waals surface area contributed by atoms with E-state index in [4.69, 9.17) is 4.42 Å². The van der Waals surface area contributed by atoms with Gasteiger partial charge < -0.3 is 9.32 Å². The molecule has 16 heavy (non-hydrogen) atoms. The number of carbonyl (C=O) groups excluding carboxylic acids is 1. The molecule has 1 aliphatic rings. The fourth-order valence-electron chi connectivity index (χ4n) is 2.51. The second kappa shape index (κ2) is 5.19. The Hall–Kier alpha value is -1.25. The van der Waals surface area contributed by atoms with Crippen LogP contribution in [0.1, 0.15) is 49.4 Å². The summed E-state index contributed by atoms with van der Waals surface area (Å²) in [5.41, 5.74) is 0.674. The number of hydrogen-bond acceptors (Lipinski definition) is 2. The zero-order valence-corrected chi connectivity index (χ0v) is 9.82.